The quantitative estimate of drug-likeness (QED) is 0.497. The topological polar surface area (TPSA) is 94.8 Å². The first kappa shape index (κ1) is 13.2. The summed E-state index contributed by atoms with van der Waals surface area (Å²) in [7, 11) is -3.85. The Morgan fingerprint density at radius 3 is 1.64 bits per heavy atom. The minimum absolute atomic E-state index is 0.125. The van der Waals surface area contributed by atoms with Crippen molar-refractivity contribution in [2.24, 2.45) is 0 Å². The molecule has 0 rings (SSSR count). The van der Waals surface area contributed by atoms with E-state index in [0.29, 0.717) is 5.41 Å². The van der Waals surface area contributed by atoms with Crippen molar-refractivity contribution in [3.05, 3.63) is 11.5 Å². The Morgan fingerprint density at radius 2 is 1.64 bits per heavy atom. The second kappa shape index (κ2) is 7.67. The first-order chi connectivity index (χ1) is 4.97. The van der Waals surface area contributed by atoms with Crippen LogP contribution in [0.4, 0.5) is 0 Å². The highest BCUT2D eigenvalue weighted by Crippen LogP contribution is 1.80. The van der Waals surface area contributed by atoms with Crippen molar-refractivity contribution in [2.75, 3.05) is 13.2 Å². The van der Waals surface area contributed by atoms with Gasteiger partial charge >= 0.3 is 0 Å². The zero-order valence-corrected chi connectivity index (χ0v) is 6.95. The second-order valence-corrected chi connectivity index (χ2v) is 2.73. The summed E-state index contributed by atoms with van der Waals surface area (Å²) in [6, 6.07) is 0. The molecule has 0 bridgehead atoms. The highest BCUT2D eigenvalue weighted by atomic mass is 32.2. The number of hydrogen-bond acceptors (Lipinski definition) is 4. The Balaban J connectivity index is 0. The standard InChI is InChI=1S/C3H6O3S.C2H6O2/c1-2-3-7(4,5)6;3-1-2-4/h2-3H,1H3,(H,4,5,6);3-4H,1-2H2/b3-2+;. The summed E-state index contributed by atoms with van der Waals surface area (Å²) in [4.78, 5) is 0. The summed E-state index contributed by atoms with van der Waals surface area (Å²) in [5, 5.41) is 16.0. The molecule has 0 amide bonds. The van der Waals surface area contributed by atoms with Gasteiger partial charge in [0.1, 0.15) is 0 Å². The Labute approximate surface area is 65.7 Å². The van der Waals surface area contributed by atoms with Gasteiger partial charge in [-0.1, -0.05) is 6.08 Å². The van der Waals surface area contributed by atoms with Crippen LogP contribution in [0.5, 0.6) is 0 Å². The van der Waals surface area contributed by atoms with E-state index < -0.39 is 10.1 Å². The molecule has 0 radical (unpaired) electrons. The smallest absolute Gasteiger partial charge is 0.287 e. The van der Waals surface area contributed by atoms with Gasteiger partial charge in [-0.15, -0.1) is 0 Å². The average Bonchev–Trinajstić information content (AvgIpc) is 1.86. The summed E-state index contributed by atoms with van der Waals surface area (Å²) < 4.78 is 27.3. The van der Waals surface area contributed by atoms with Crippen molar-refractivity contribution in [3.63, 3.8) is 0 Å². The minimum atomic E-state index is -3.85. The molecule has 0 atom stereocenters. The third-order valence-corrected chi connectivity index (χ3v) is 1.02. The summed E-state index contributed by atoms with van der Waals surface area (Å²) in [6.07, 6.45) is 1.25. The molecule has 68 valence electrons. The summed E-state index contributed by atoms with van der Waals surface area (Å²) in [6.45, 7) is 1.26. The lowest BCUT2D eigenvalue weighted by molar-refractivity contribution is 0.186. The molecule has 0 aromatic carbocycles. The predicted octanol–water partition coefficient (Wildman–Crippen LogP) is -0.621. The van der Waals surface area contributed by atoms with E-state index in [0.717, 1.165) is 0 Å². The maximum Gasteiger partial charge on any atom is 0.287 e. The molecule has 0 saturated carbocycles. The van der Waals surface area contributed by atoms with E-state index in [1.807, 2.05) is 0 Å². The van der Waals surface area contributed by atoms with Crippen molar-refractivity contribution in [1.29, 1.82) is 0 Å². The molecule has 0 aliphatic heterocycles. The van der Waals surface area contributed by atoms with Gasteiger partial charge in [0.2, 0.25) is 0 Å². The minimum Gasteiger partial charge on any atom is -0.394 e. The molecule has 6 heteroatoms. The van der Waals surface area contributed by atoms with E-state index in [1.54, 1.807) is 0 Å². The number of rotatable bonds is 2. The van der Waals surface area contributed by atoms with Crippen LogP contribution in [0.1, 0.15) is 6.92 Å². The SMILES string of the molecule is C/C=C/S(=O)(=O)O.OCCO. The van der Waals surface area contributed by atoms with Crippen molar-refractivity contribution in [1.82, 2.24) is 0 Å². The molecule has 5 nitrogen and oxygen atoms in total. The molecule has 0 aliphatic rings. The Morgan fingerprint density at radius 1 is 1.27 bits per heavy atom. The molecule has 0 fully saturated rings. The van der Waals surface area contributed by atoms with Gasteiger partial charge in [0.15, 0.2) is 0 Å². The van der Waals surface area contributed by atoms with Gasteiger partial charge < -0.3 is 10.2 Å². The third kappa shape index (κ3) is 26.3. The highest BCUT2D eigenvalue weighted by molar-refractivity contribution is 7.88. The fourth-order valence-corrected chi connectivity index (χ4v) is 0.516. The molecule has 0 aromatic rings. The zero-order valence-electron chi connectivity index (χ0n) is 6.14. The summed E-state index contributed by atoms with van der Waals surface area (Å²) >= 11 is 0. The van der Waals surface area contributed by atoms with Gasteiger partial charge in [0, 0.05) is 0 Å². The van der Waals surface area contributed by atoms with Crippen LogP contribution in [0.2, 0.25) is 0 Å². The van der Waals surface area contributed by atoms with Gasteiger partial charge in [0.05, 0.1) is 18.6 Å². The average molecular weight is 184 g/mol. The molecule has 0 heterocycles. The molecule has 3 N–H and O–H groups in total. The van der Waals surface area contributed by atoms with E-state index in [4.69, 9.17) is 14.8 Å². The molecule has 0 aromatic heterocycles. The predicted molar refractivity (Wildman–Crippen MR) is 40.5 cm³/mol. The Bertz CT molecular complexity index is 179. The van der Waals surface area contributed by atoms with Gasteiger partial charge in [-0.3, -0.25) is 4.55 Å². The maximum atomic E-state index is 9.70. The fraction of sp³-hybridized carbons (Fsp3) is 0.600. The van der Waals surface area contributed by atoms with Crippen molar-refractivity contribution >= 4 is 10.1 Å². The first-order valence-electron chi connectivity index (χ1n) is 2.79. The van der Waals surface area contributed by atoms with E-state index in [9.17, 15) is 8.42 Å². The summed E-state index contributed by atoms with van der Waals surface area (Å²) in [5.74, 6) is 0. The van der Waals surface area contributed by atoms with Gasteiger partial charge in [-0.25, -0.2) is 0 Å². The number of aliphatic hydroxyl groups is 2. The van der Waals surface area contributed by atoms with Crippen LogP contribution in [-0.2, 0) is 10.1 Å². The molecular formula is C5H12O5S. The lowest BCUT2D eigenvalue weighted by Gasteiger charge is -1.76. The van der Waals surface area contributed by atoms with Crippen molar-refractivity contribution < 1.29 is 23.2 Å². The fourth-order valence-electron chi connectivity index (χ4n) is 0.172. The summed E-state index contributed by atoms with van der Waals surface area (Å²) in [5.41, 5.74) is 0. The van der Waals surface area contributed by atoms with E-state index in [-0.39, 0.29) is 13.2 Å². The lowest BCUT2D eigenvalue weighted by Crippen LogP contribution is -1.87. The molecule has 0 spiro atoms. The van der Waals surface area contributed by atoms with Crippen molar-refractivity contribution in [2.45, 2.75) is 6.92 Å². The van der Waals surface area contributed by atoms with Gasteiger partial charge in [-0.05, 0) is 6.92 Å². The normalized spacial score (nSPS) is 10.9. The third-order valence-electron chi connectivity index (χ3n) is 0.408. The number of allylic oxidation sites excluding steroid dienone is 1. The van der Waals surface area contributed by atoms with Gasteiger partial charge in [-0.2, -0.15) is 8.42 Å². The molecular weight excluding hydrogens is 172 g/mol. The molecule has 0 saturated heterocycles. The van der Waals surface area contributed by atoms with Crippen LogP contribution >= 0.6 is 0 Å². The van der Waals surface area contributed by atoms with Crippen LogP contribution in [0.25, 0.3) is 0 Å². The van der Waals surface area contributed by atoms with Crippen LogP contribution < -0.4 is 0 Å². The molecule has 0 aliphatic carbocycles. The molecule has 0 unspecified atom stereocenters. The van der Waals surface area contributed by atoms with Crippen LogP contribution in [0, 0.1) is 0 Å². The maximum absolute atomic E-state index is 9.70. The van der Waals surface area contributed by atoms with Crippen LogP contribution in [0.15, 0.2) is 11.5 Å². The number of aliphatic hydroxyl groups excluding tert-OH is 2. The van der Waals surface area contributed by atoms with Crippen molar-refractivity contribution in [3.8, 4) is 0 Å². The largest absolute Gasteiger partial charge is 0.394 e. The zero-order chi connectivity index (χ0) is 9.33. The Hall–Kier alpha value is -0.430. The van der Waals surface area contributed by atoms with Crippen LogP contribution in [0.3, 0.4) is 0 Å². The van der Waals surface area contributed by atoms with Crippen LogP contribution in [-0.4, -0.2) is 36.4 Å². The van der Waals surface area contributed by atoms with E-state index >= 15 is 0 Å². The second-order valence-electron chi connectivity index (χ2n) is 1.43. The van der Waals surface area contributed by atoms with E-state index in [2.05, 4.69) is 0 Å². The van der Waals surface area contributed by atoms with Gasteiger partial charge in [0.25, 0.3) is 10.1 Å². The number of hydrogen-bond donors (Lipinski definition) is 3. The molecule has 11 heavy (non-hydrogen) atoms. The van der Waals surface area contributed by atoms with E-state index in [1.165, 1.54) is 13.0 Å². The first-order valence-corrected chi connectivity index (χ1v) is 4.30. The highest BCUT2D eigenvalue weighted by Gasteiger charge is 1.90. The monoisotopic (exact) mass is 184 g/mol. The Kier molecular flexibility index (Phi) is 9.20. The lowest BCUT2D eigenvalue weighted by atomic mass is 10.8.